The highest BCUT2D eigenvalue weighted by Crippen LogP contribution is 2.23. The van der Waals surface area contributed by atoms with Gasteiger partial charge in [-0.1, -0.05) is 0 Å². The van der Waals surface area contributed by atoms with Crippen molar-refractivity contribution in [1.82, 2.24) is 9.88 Å². The summed E-state index contributed by atoms with van der Waals surface area (Å²) in [5.41, 5.74) is 1.68. The predicted molar refractivity (Wildman–Crippen MR) is 89.1 cm³/mol. The van der Waals surface area contributed by atoms with Crippen LogP contribution in [0, 0.1) is 5.82 Å². The van der Waals surface area contributed by atoms with E-state index in [-0.39, 0.29) is 17.8 Å². The number of hydrogen-bond acceptors (Lipinski definition) is 3. The van der Waals surface area contributed by atoms with Crippen LogP contribution in [0.2, 0.25) is 0 Å². The van der Waals surface area contributed by atoms with Gasteiger partial charge in [-0.15, -0.1) is 0 Å². The molecule has 1 aromatic heterocycles. The van der Waals surface area contributed by atoms with Gasteiger partial charge in [0.15, 0.2) is 0 Å². The van der Waals surface area contributed by atoms with Crippen LogP contribution < -0.4 is 0 Å². The fourth-order valence-corrected chi connectivity index (χ4v) is 3.59. The molecule has 3 rings (SSSR count). The van der Waals surface area contributed by atoms with Crippen molar-refractivity contribution in [3.05, 3.63) is 35.8 Å². The van der Waals surface area contributed by atoms with Gasteiger partial charge < -0.3 is 4.98 Å². The van der Waals surface area contributed by atoms with E-state index in [0.717, 1.165) is 36.0 Å². The second-order valence-electron chi connectivity index (χ2n) is 6.27. The molecule has 2 aromatic rings. The molecule has 0 aliphatic carbocycles. The number of H-pyrrole nitrogens is 1. The van der Waals surface area contributed by atoms with Crippen LogP contribution in [0.5, 0.6) is 0 Å². The lowest BCUT2D eigenvalue weighted by Crippen LogP contribution is -2.35. The molecule has 1 N–H and O–H groups in total. The third-order valence-electron chi connectivity index (χ3n) is 3.97. The van der Waals surface area contributed by atoms with Crippen LogP contribution in [0.3, 0.4) is 0 Å². The quantitative estimate of drug-likeness (QED) is 0.936. The normalized spacial score (nSPS) is 19.3. The number of hydrogen-bond donors (Lipinski definition) is 1. The molecule has 0 saturated carbocycles. The number of carbonyl (C=O) groups is 1. The fraction of sp³-hybridized carbons (Fsp3) is 0.438. The lowest BCUT2D eigenvalue weighted by Gasteiger charge is -2.21. The summed E-state index contributed by atoms with van der Waals surface area (Å²) in [4.78, 5) is 17.5. The summed E-state index contributed by atoms with van der Waals surface area (Å²) in [6.07, 6.45) is 4.58. The van der Waals surface area contributed by atoms with Crippen molar-refractivity contribution in [3.8, 4) is 0 Å². The van der Waals surface area contributed by atoms with Crippen LogP contribution in [0.4, 0.5) is 4.39 Å². The molecule has 1 aliphatic rings. The lowest BCUT2D eigenvalue weighted by molar-refractivity contribution is -0.122. The average molecular weight is 337 g/mol. The minimum Gasteiger partial charge on any atom is -0.357 e. The zero-order chi connectivity index (χ0) is 16.6. The number of rotatable bonds is 3. The van der Waals surface area contributed by atoms with Crippen LogP contribution in [0.25, 0.3) is 10.9 Å². The standard InChI is InChI=1S/C16H20FN3O2S/c1-23(2,22)19-16(21)15-4-3-7-20(15)10-13-8-11-5-6-12(17)9-14(11)18-13/h5-6,8-9,15,18H,3-4,7,10H2,1-2H3/t15-/m0/s1. The summed E-state index contributed by atoms with van der Waals surface area (Å²) >= 11 is 0. The smallest absolute Gasteiger partial charge is 0.271 e. The molecular weight excluding hydrogens is 317 g/mol. The maximum Gasteiger partial charge on any atom is 0.271 e. The van der Waals surface area contributed by atoms with Crippen molar-refractivity contribution in [2.45, 2.75) is 25.4 Å². The van der Waals surface area contributed by atoms with E-state index in [1.54, 1.807) is 6.07 Å². The van der Waals surface area contributed by atoms with Crippen molar-refractivity contribution in [1.29, 1.82) is 0 Å². The molecule has 23 heavy (non-hydrogen) atoms. The monoisotopic (exact) mass is 337 g/mol. The van der Waals surface area contributed by atoms with Crippen molar-refractivity contribution < 1.29 is 13.4 Å². The number of carbonyl (C=O) groups excluding carboxylic acids is 1. The van der Waals surface area contributed by atoms with Crippen molar-refractivity contribution >= 4 is 26.5 Å². The summed E-state index contributed by atoms with van der Waals surface area (Å²) in [6, 6.07) is 6.27. The van der Waals surface area contributed by atoms with E-state index in [4.69, 9.17) is 0 Å². The van der Waals surface area contributed by atoms with Gasteiger partial charge >= 0.3 is 0 Å². The van der Waals surface area contributed by atoms with Gasteiger partial charge in [0.1, 0.15) is 5.82 Å². The Hall–Kier alpha value is -1.73. The van der Waals surface area contributed by atoms with E-state index < -0.39 is 9.73 Å². The van der Waals surface area contributed by atoms with Gasteiger partial charge in [-0.3, -0.25) is 9.69 Å². The number of benzene rings is 1. The first-order chi connectivity index (χ1) is 10.8. The SMILES string of the molecule is CS(C)(=O)=NC(=O)[C@@H]1CCCN1Cc1cc2ccc(F)cc2[nH]1. The maximum atomic E-state index is 13.3. The van der Waals surface area contributed by atoms with Crippen LogP contribution in [0.1, 0.15) is 18.5 Å². The van der Waals surface area contributed by atoms with Gasteiger partial charge in [-0.2, -0.15) is 4.36 Å². The highest BCUT2D eigenvalue weighted by Gasteiger charge is 2.31. The topological polar surface area (TPSA) is 65.5 Å². The molecule has 1 atom stereocenters. The molecule has 1 aliphatic heterocycles. The fourth-order valence-electron chi connectivity index (χ4n) is 3.04. The molecule has 5 nitrogen and oxygen atoms in total. The number of nitrogens with one attached hydrogen (secondary N) is 1. The molecule has 124 valence electrons. The second kappa shape index (κ2) is 6.05. The van der Waals surface area contributed by atoms with Crippen LogP contribution in [-0.2, 0) is 21.1 Å². The molecule has 1 fully saturated rings. The Balaban J connectivity index is 1.80. The average Bonchev–Trinajstić information content (AvgIpc) is 3.02. The molecule has 0 unspecified atom stereocenters. The van der Waals surface area contributed by atoms with Gasteiger partial charge in [0.05, 0.1) is 6.04 Å². The maximum absolute atomic E-state index is 13.3. The molecule has 2 heterocycles. The highest BCUT2D eigenvalue weighted by molar-refractivity contribution is 7.92. The predicted octanol–water partition coefficient (Wildman–Crippen LogP) is 2.53. The third kappa shape index (κ3) is 3.79. The molecule has 0 spiro atoms. The summed E-state index contributed by atoms with van der Waals surface area (Å²) < 4.78 is 28.8. The summed E-state index contributed by atoms with van der Waals surface area (Å²) in [7, 11) is -2.43. The van der Waals surface area contributed by atoms with E-state index in [9.17, 15) is 13.4 Å². The molecule has 1 amide bonds. The van der Waals surface area contributed by atoms with E-state index >= 15 is 0 Å². The van der Waals surface area contributed by atoms with Crippen molar-refractivity contribution in [2.75, 3.05) is 19.1 Å². The van der Waals surface area contributed by atoms with Crippen molar-refractivity contribution in [3.63, 3.8) is 0 Å². The summed E-state index contributed by atoms with van der Waals surface area (Å²) in [5, 5.41) is 0.943. The molecule has 1 saturated heterocycles. The number of aromatic nitrogens is 1. The van der Waals surface area contributed by atoms with E-state index in [2.05, 4.69) is 9.35 Å². The van der Waals surface area contributed by atoms with Crippen LogP contribution in [0.15, 0.2) is 28.6 Å². The van der Waals surface area contributed by atoms with E-state index in [0.29, 0.717) is 6.54 Å². The first-order valence-corrected chi connectivity index (χ1v) is 9.87. The zero-order valence-corrected chi connectivity index (χ0v) is 14.0. The number of likely N-dealkylation sites (tertiary alicyclic amines) is 1. The Bertz CT molecular complexity index is 859. The Morgan fingerprint density at radius 3 is 2.96 bits per heavy atom. The Morgan fingerprint density at radius 2 is 2.22 bits per heavy atom. The van der Waals surface area contributed by atoms with Crippen molar-refractivity contribution in [2.24, 2.45) is 4.36 Å². The lowest BCUT2D eigenvalue weighted by atomic mass is 10.2. The molecule has 1 aromatic carbocycles. The van der Waals surface area contributed by atoms with Crippen LogP contribution in [-0.4, -0.2) is 45.1 Å². The number of aromatic amines is 1. The van der Waals surface area contributed by atoms with Gasteiger partial charge in [-0.25, -0.2) is 8.60 Å². The Morgan fingerprint density at radius 1 is 1.43 bits per heavy atom. The third-order valence-corrected chi connectivity index (χ3v) is 4.59. The highest BCUT2D eigenvalue weighted by atomic mass is 32.2. The van der Waals surface area contributed by atoms with E-state index in [1.165, 1.54) is 24.6 Å². The van der Waals surface area contributed by atoms with Gasteiger partial charge in [0.2, 0.25) is 0 Å². The minimum atomic E-state index is -2.43. The van der Waals surface area contributed by atoms with Crippen LogP contribution >= 0.6 is 0 Å². The first-order valence-electron chi connectivity index (χ1n) is 7.54. The first kappa shape index (κ1) is 16.1. The van der Waals surface area contributed by atoms with Gasteiger partial charge in [0, 0.05) is 40.0 Å². The Kier molecular flexibility index (Phi) is 4.25. The van der Waals surface area contributed by atoms with E-state index in [1.807, 2.05) is 11.0 Å². The summed E-state index contributed by atoms with van der Waals surface area (Å²) in [6.45, 7) is 1.36. The second-order valence-corrected chi connectivity index (χ2v) is 8.81. The molecule has 7 heteroatoms. The number of halogens is 1. The summed E-state index contributed by atoms with van der Waals surface area (Å²) in [5.74, 6) is -0.584. The molecular formula is C16H20FN3O2S. The molecule has 0 bridgehead atoms. The van der Waals surface area contributed by atoms with Gasteiger partial charge in [0.25, 0.3) is 5.91 Å². The number of fused-ring (bicyclic) bond motifs is 1. The van der Waals surface area contributed by atoms with Gasteiger partial charge in [-0.05, 0) is 49.0 Å². The Labute approximate surface area is 135 Å². The largest absolute Gasteiger partial charge is 0.357 e. The minimum absolute atomic E-state index is 0.278. The number of nitrogens with zero attached hydrogens (tertiary/aromatic N) is 2. The number of amides is 1. The molecule has 0 radical (unpaired) electrons. The zero-order valence-electron chi connectivity index (χ0n) is 13.2.